The molecule has 0 unspecified atom stereocenters. The predicted molar refractivity (Wildman–Crippen MR) is 83.8 cm³/mol. The van der Waals surface area contributed by atoms with Gasteiger partial charge in [0.1, 0.15) is 5.78 Å². The lowest BCUT2D eigenvalue weighted by Crippen LogP contribution is -1.98. The molecule has 1 nitrogen and oxygen atoms in total. The van der Waals surface area contributed by atoms with Crippen LogP contribution in [0.25, 0.3) is 0 Å². The van der Waals surface area contributed by atoms with E-state index >= 15 is 0 Å². The van der Waals surface area contributed by atoms with E-state index in [-0.39, 0.29) is 11.7 Å². The van der Waals surface area contributed by atoms with E-state index in [2.05, 4.69) is 54.6 Å². The van der Waals surface area contributed by atoms with Crippen LogP contribution >= 0.6 is 0 Å². The molecule has 0 aliphatic heterocycles. The number of ketones is 1. The van der Waals surface area contributed by atoms with Crippen molar-refractivity contribution in [3.63, 3.8) is 0 Å². The Morgan fingerprint density at radius 3 is 1.90 bits per heavy atom. The van der Waals surface area contributed by atoms with Crippen LogP contribution in [0.2, 0.25) is 0 Å². The fourth-order valence-corrected chi connectivity index (χ4v) is 2.22. The van der Waals surface area contributed by atoms with Gasteiger partial charge in [0.25, 0.3) is 0 Å². The third-order valence-corrected chi connectivity index (χ3v) is 3.39. The maximum atomic E-state index is 11.4. The summed E-state index contributed by atoms with van der Waals surface area (Å²) in [4.78, 5) is 11.4. The first kappa shape index (κ1) is 14.3. The highest BCUT2D eigenvalue weighted by atomic mass is 16.1. The Labute approximate surface area is 121 Å². The molecule has 0 aromatic heterocycles. The molecule has 0 fully saturated rings. The molecule has 0 radical (unpaired) electrons. The van der Waals surface area contributed by atoms with Gasteiger partial charge in [-0.25, -0.2) is 0 Å². The summed E-state index contributed by atoms with van der Waals surface area (Å²) < 4.78 is 0. The Kier molecular flexibility index (Phi) is 5.31. The Bertz CT molecular complexity index is 515. The monoisotopic (exact) mass is 264 g/mol. The molecule has 2 rings (SSSR count). The molecule has 0 heterocycles. The van der Waals surface area contributed by atoms with Crippen molar-refractivity contribution in [2.45, 2.75) is 25.7 Å². The second-order valence-electron chi connectivity index (χ2n) is 4.82. The number of hydrogen-bond donors (Lipinski definition) is 0. The summed E-state index contributed by atoms with van der Waals surface area (Å²) in [7, 11) is 0. The van der Waals surface area contributed by atoms with Gasteiger partial charge in [-0.05, 0) is 11.1 Å². The highest BCUT2D eigenvalue weighted by Crippen LogP contribution is 2.25. The lowest BCUT2D eigenvalue weighted by atomic mass is 9.90. The van der Waals surface area contributed by atoms with E-state index in [4.69, 9.17) is 0 Å². The predicted octanol–water partition coefficient (Wildman–Crippen LogP) is 4.74. The molecular formula is C19H20O. The molecule has 0 atom stereocenters. The maximum absolute atomic E-state index is 11.4. The van der Waals surface area contributed by atoms with Crippen LogP contribution in [0.4, 0.5) is 0 Å². The van der Waals surface area contributed by atoms with Crippen molar-refractivity contribution >= 4 is 5.78 Å². The lowest BCUT2D eigenvalue weighted by Gasteiger charge is -2.13. The number of benzene rings is 2. The third-order valence-electron chi connectivity index (χ3n) is 3.39. The van der Waals surface area contributed by atoms with E-state index < -0.39 is 0 Å². The van der Waals surface area contributed by atoms with Crippen LogP contribution in [0, 0.1) is 0 Å². The van der Waals surface area contributed by atoms with Crippen LogP contribution < -0.4 is 0 Å². The normalized spacial score (nSPS) is 11.1. The zero-order valence-corrected chi connectivity index (χ0v) is 11.8. The average molecular weight is 264 g/mol. The lowest BCUT2D eigenvalue weighted by molar-refractivity contribution is -0.117. The van der Waals surface area contributed by atoms with Gasteiger partial charge in [0, 0.05) is 18.8 Å². The number of hydrogen-bond acceptors (Lipinski definition) is 1. The smallest absolute Gasteiger partial charge is 0.136 e. The molecule has 0 saturated heterocycles. The summed E-state index contributed by atoms with van der Waals surface area (Å²) in [6.45, 7) is 1.90. The second kappa shape index (κ2) is 7.44. The number of carbonyl (C=O) groups excluding carboxylic acids is 1. The molecule has 0 amide bonds. The molecule has 1 heteroatoms. The minimum Gasteiger partial charge on any atom is -0.299 e. The first-order valence-electron chi connectivity index (χ1n) is 7.09. The minimum atomic E-state index is 0.210. The van der Waals surface area contributed by atoms with Crippen LogP contribution in [-0.2, 0) is 4.79 Å². The number of rotatable bonds is 6. The molecule has 0 bridgehead atoms. The van der Waals surface area contributed by atoms with Crippen molar-refractivity contribution < 1.29 is 4.79 Å². The van der Waals surface area contributed by atoms with Crippen LogP contribution in [0.1, 0.15) is 36.8 Å². The third kappa shape index (κ3) is 3.92. The topological polar surface area (TPSA) is 17.1 Å². The molecule has 20 heavy (non-hydrogen) atoms. The van der Waals surface area contributed by atoms with Gasteiger partial charge in [-0.2, -0.15) is 0 Å². The molecule has 102 valence electrons. The Balaban J connectivity index is 2.24. The minimum absolute atomic E-state index is 0.210. The average Bonchev–Trinajstić information content (AvgIpc) is 2.53. The number of Topliss-reactive ketones (excluding diaryl/α,β-unsaturated/α-hetero) is 1. The van der Waals surface area contributed by atoms with Gasteiger partial charge in [0.05, 0.1) is 0 Å². The molecular weight excluding hydrogens is 244 g/mol. The summed E-state index contributed by atoms with van der Waals surface area (Å²) in [6, 6.07) is 20.8. The summed E-state index contributed by atoms with van der Waals surface area (Å²) in [5.41, 5.74) is 2.50. The van der Waals surface area contributed by atoms with Crippen LogP contribution in [0.3, 0.4) is 0 Å². The SMILES string of the molecule is CCC(=O)CC=CC(c1ccccc1)c1ccccc1. The second-order valence-corrected chi connectivity index (χ2v) is 4.82. The van der Waals surface area contributed by atoms with E-state index in [1.807, 2.05) is 25.1 Å². The number of allylic oxidation sites excluding steroid dienone is 2. The van der Waals surface area contributed by atoms with E-state index in [1.54, 1.807) is 0 Å². The van der Waals surface area contributed by atoms with Gasteiger partial charge in [0.2, 0.25) is 0 Å². The molecule has 0 spiro atoms. The van der Waals surface area contributed by atoms with Gasteiger partial charge >= 0.3 is 0 Å². The zero-order valence-electron chi connectivity index (χ0n) is 11.8. The van der Waals surface area contributed by atoms with Crippen molar-refractivity contribution in [1.82, 2.24) is 0 Å². The molecule has 2 aromatic rings. The summed E-state index contributed by atoms with van der Waals surface area (Å²) >= 11 is 0. The fraction of sp³-hybridized carbons (Fsp3) is 0.211. The highest BCUT2D eigenvalue weighted by Gasteiger charge is 2.09. The fourth-order valence-electron chi connectivity index (χ4n) is 2.22. The van der Waals surface area contributed by atoms with E-state index in [0.29, 0.717) is 12.8 Å². The van der Waals surface area contributed by atoms with Crippen molar-refractivity contribution in [3.05, 3.63) is 83.9 Å². The van der Waals surface area contributed by atoms with Crippen LogP contribution in [0.5, 0.6) is 0 Å². The molecule has 0 N–H and O–H groups in total. The molecule has 0 aliphatic carbocycles. The Morgan fingerprint density at radius 2 is 1.45 bits per heavy atom. The summed E-state index contributed by atoms with van der Waals surface area (Å²) in [5, 5.41) is 0. The first-order chi connectivity index (χ1) is 9.81. The van der Waals surface area contributed by atoms with Gasteiger partial charge in [0.15, 0.2) is 0 Å². The zero-order chi connectivity index (χ0) is 14.2. The van der Waals surface area contributed by atoms with Crippen molar-refractivity contribution in [3.8, 4) is 0 Å². The largest absolute Gasteiger partial charge is 0.299 e. The van der Waals surface area contributed by atoms with Crippen LogP contribution in [-0.4, -0.2) is 5.78 Å². The van der Waals surface area contributed by atoms with Gasteiger partial charge < -0.3 is 0 Å². The summed E-state index contributed by atoms with van der Waals surface area (Å²) in [5.74, 6) is 0.489. The highest BCUT2D eigenvalue weighted by molar-refractivity contribution is 5.79. The summed E-state index contributed by atoms with van der Waals surface area (Å²) in [6.07, 6.45) is 5.26. The Hall–Kier alpha value is -2.15. The standard InChI is InChI=1S/C19H20O/c1-2-18(20)14-9-15-19(16-10-5-3-6-11-16)17-12-7-4-8-13-17/h3-13,15,19H,2,14H2,1H3. The quantitative estimate of drug-likeness (QED) is 0.688. The van der Waals surface area contributed by atoms with Gasteiger partial charge in [-0.1, -0.05) is 79.7 Å². The van der Waals surface area contributed by atoms with E-state index in [9.17, 15) is 4.79 Å². The maximum Gasteiger partial charge on any atom is 0.136 e. The van der Waals surface area contributed by atoms with Crippen LogP contribution in [0.15, 0.2) is 72.8 Å². The van der Waals surface area contributed by atoms with Crippen molar-refractivity contribution in [2.24, 2.45) is 0 Å². The van der Waals surface area contributed by atoms with Gasteiger partial charge in [-0.15, -0.1) is 0 Å². The van der Waals surface area contributed by atoms with Crippen molar-refractivity contribution in [1.29, 1.82) is 0 Å². The molecule has 2 aromatic carbocycles. The van der Waals surface area contributed by atoms with Gasteiger partial charge in [-0.3, -0.25) is 4.79 Å². The molecule has 0 aliphatic rings. The number of carbonyl (C=O) groups is 1. The van der Waals surface area contributed by atoms with E-state index in [0.717, 1.165) is 0 Å². The first-order valence-corrected chi connectivity index (χ1v) is 7.09. The van der Waals surface area contributed by atoms with Crippen molar-refractivity contribution in [2.75, 3.05) is 0 Å². The van der Waals surface area contributed by atoms with E-state index in [1.165, 1.54) is 11.1 Å². The molecule has 0 saturated carbocycles. The Morgan fingerprint density at radius 1 is 0.950 bits per heavy atom.